The van der Waals surface area contributed by atoms with Crippen LogP contribution in [-0.2, 0) is 16.7 Å². The molecule has 0 atom stereocenters. The fourth-order valence-electron chi connectivity index (χ4n) is 0.879. The van der Waals surface area contributed by atoms with Crippen LogP contribution >= 0.6 is 0 Å². The van der Waals surface area contributed by atoms with E-state index in [2.05, 4.69) is 4.18 Å². The molecule has 0 saturated carbocycles. The van der Waals surface area contributed by atoms with E-state index in [1.807, 2.05) is 0 Å². The van der Waals surface area contributed by atoms with Crippen molar-refractivity contribution in [2.45, 2.75) is 6.61 Å². The maximum absolute atomic E-state index is 10.8. The lowest BCUT2D eigenvalue weighted by atomic mass is 10.2. The zero-order chi connectivity index (χ0) is 9.90. The largest absolute Gasteiger partial charge is 0.392 e. The average Bonchev–Trinajstić information content (AvgIpc) is 2.02. The van der Waals surface area contributed by atoms with Crippen molar-refractivity contribution in [1.82, 2.24) is 0 Å². The predicted molar refractivity (Wildman–Crippen MR) is 47.8 cm³/mol. The number of rotatable bonds is 3. The van der Waals surface area contributed by atoms with Gasteiger partial charge in [-0.3, -0.25) is 0 Å². The summed E-state index contributed by atoms with van der Waals surface area (Å²) in [4.78, 5) is 0. The Kier molecular flexibility index (Phi) is 2.90. The number of hydrogen-bond donors (Lipinski definition) is 1. The van der Waals surface area contributed by atoms with Gasteiger partial charge in [0.1, 0.15) is 5.75 Å². The SMILES string of the molecule is CS(=O)(=O)Oc1ccccc1CO. The van der Waals surface area contributed by atoms with Crippen LogP contribution in [0.3, 0.4) is 0 Å². The average molecular weight is 202 g/mol. The molecular formula is C8H10O4S. The number of aliphatic hydroxyl groups excluding tert-OH is 1. The van der Waals surface area contributed by atoms with Crippen molar-refractivity contribution in [2.24, 2.45) is 0 Å². The highest BCUT2D eigenvalue weighted by Crippen LogP contribution is 2.18. The molecule has 0 aliphatic carbocycles. The Labute approximate surface area is 76.9 Å². The molecule has 0 bridgehead atoms. The maximum atomic E-state index is 10.8. The van der Waals surface area contributed by atoms with E-state index in [4.69, 9.17) is 5.11 Å². The van der Waals surface area contributed by atoms with Gasteiger partial charge in [0, 0.05) is 5.56 Å². The lowest BCUT2D eigenvalue weighted by Crippen LogP contribution is -2.07. The number of benzene rings is 1. The van der Waals surface area contributed by atoms with Crippen LogP contribution in [0.4, 0.5) is 0 Å². The van der Waals surface area contributed by atoms with Gasteiger partial charge in [-0.15, -0.1) is 0 Å². The van der Waals surface area contributed by atoms with Crippen LogP contribution in [-0.4, -0.2) is 19.8 Å². The van der Waals surface area contributed by atoms with Gasteiger partial charge in [-0.2, -0.15) is 8.42 Å². The van der Waals surface area contributed by atoms with Crippen LogP contribution in [0, 0.1) is 0 Å². The van der Waals surface area contributed by atoms with Gasteiger partial charge in [0.25, 0.3) is 0 Å². The lowest BCUT2D eigenvalue weighted by Gasteiger charge is -2.06. The fourth-order valence-corrected chi connectivity index (χ4v) is 1.37. The third kappa shape index (κ3) is 3.04. The molecule has 0 aromatic heterocycles. The summed E-state index contributed by atoms with van der Waals surface area (Å²) in [5.74, 6) is 0.174. The number of para-hydroxylation sites is 1. The molecular weight excluding hydrogens is 192 g/mol. The summed E-state index contributed by atoms with van der Waals surface area (Å²) in [6, 6.07) is 6.42. The van der Waals surface area contributed by atoms with Gasteiger partial charge >= 0.3 is 10.1 Å². The second-order valence-electron chi connectivity index (χ2n) is 2.55. The van der Waals surface area contributed by atoms with Crippen molar-refractivity contribution < 1.29 is 17.7 Å². The lowest BCUT2D eigenvalue weighted by molar-refractivity contribution is 0.278. The molecule has 1 aromatic carbocycles. The maximum Gasteiger partial charge on any atom is 0.306 e. The first-order valence-corrected chi connectivity index (χ1v) is 5.43. The Bertz CT molecular complexity index is 383. The van der Waals surface area contributed by atoms with Crippen molar-refractivity contribution >= 4 is 10.1 Å². The van der Waals surface area contributed by atoms with Crippen LogP contribution in [0.15, 0.2) is 24.3 Å². The van der Waals surface area contributed by atoms with Gasteiger partial charge in [0.15, 0.2) is 0 Å². The van der Waals surface area contributed by atoms with Crippen LogP contribution in [0.2, 0.25) is 0 Å². The molecule has 0 aliphatic heterocycles. The third-order valence-electron chi connectivity index (χ3n) is 1.38. The second-order valence-corrected chi connectivity index (χ2v) is 4.13. The first-order valence-electron chi connectivity index (χ1n) is 3.61. The van der Waals surface area contributed by atoms with Crippen molar-refractivity contribution in [3.8, 4) is 5.75 Å². The van der Waals surface area contributed by atoms with Crippen molar-refractivity contribution in [3.05, 3.63) is 29.8 Å². The molecule has 0 aliphatic rings. The van der Waals surface area contributed by atoms with Crippen molar-refractivity contribution in [2.75, 3.05) is 6.26 Å². The first-order chi connectivity index (χ1) is 6.03. The molecule has 0 heterocycles. The zero-order valence-corrected chi connectivity index (χ0v) is 7.91. The minimum Gasteiger partial charge on any atom is -0.392 e. The number of hydrogen-bond acceptors (Lipinski definition) is 4. The predicted octanol–water partition coefficient (Wildman–Crippen LogP) is 0.517. The summed E-state index contributed by atoms with van der Waals surface area (Å²) < 4.78 is 26.2. The molecule has 1 rings (SSSR count). The van der Waals surface area contributed by atoms with Crippen LogP contribution < -0.4 is 4.18 Å². The minimum absolute atomic E-state index is 0.174. The summed E-state index contributed by atoms with van der Waals surface area (Å²) in [7, 11) is -3.52. The second kappa shape index (κ2) is 3.76. The fraction of sp³-hybridized carbons (Fsp3) is 0.250. The van der Waals surface area contributed by atoms with Crippen LogP contribution in [0.5, 0.6) is 5.75 Å². The third-order valence-corrected chi connectivity index (χ3v) is 1.87. The van der Waals surface area contributed by atoms with E-state index in [0.29, 0.717) is 5.56 Å². The summed E-state index contributed by atoms with van der Waals surface area (Å²) in [6.45, 7) is -0.244. The first kappa shape index (κ1) is 10.0. The van der Waals surface area contributed by atoms with Gasteiger partial charge < -0.3 is 9.29 Å². The smallest absolute Gasteiger partial charge is 0.306 e. The van der Waals surface area contributed by atoms with Crippen LogP contribution in [0.1, 0.15) is 5.56 Å². The van der Waals surface area contributed by atoms with E-state index in [1.165, 1.54) is 6.07 Å². The van der Waals surface area contributed by atoms with Crippen molar-refractivity contribution in [1.29, 1.82) is 0 Å². The molecule has 1 N–H and O–H groups in total. The van der Waals surface area contributed by atoms with Gasteiger partial charge in [-0.05, 0) is 6.07 Å². The van der Waals surface area contributed by atoms with E-state index in [-0.39, 0.29) is 12.4 Å². The molecule has 5 heteroatoms. The molecule has 0 amide bonds. The summed E-state index contributed by atoms with van der Waals surface area (Å²) in [5, 5.41) is 8.84. The number of aliphatic hydroxyl groups is 1. The van der Waals surface area contributed by atoms with Crippen molar-refractivity contribution in [3.63, 3.8) is 0 Å². The highest BCUT2D eigenvalue weighted by molar-refractivity contribution is 7.86. The topological polar surface area (TPSA) is 63.6 Å². The van der Waals surface area contributed by atoms with Gasteiger partial charge in [0.05, 0.1) is 12.9 Å². The summed E-state index contributed by atoms with van der Waals surface area (Å²) >= 11 is 0. The summed E-state index contributed by atoms with van der Waals surface area (Å²) in [6.07, 6.45) is 0.959. The van der Waals surface area contributed by atoms with Gasteiger partial charge in [0.2, 0.25) is 0 Å². The molecule has 4 nitrogen and oxygen atoms in total. The van der Waals surface area contributed by atoms with E-state index in [9.17, 15) is 8.42 Å². The standard InChI is InChI=1S/C8H10O4S/c1-13(10,11)12-8-5-3-2-4-7(8)6-9/h2-5,9H,6H2,1H3. The zero-order valence-electron chi connectivity index (χ0n) is 7.10. The molecule has 0 spiro atoms. The molecule has 72 valence electrons. The highest BCUT2D eigenvalue weighted by Gasteiger charge is 2.07. The summed E-state index contributed by atoms with van der Waals surface area (Å²) in [5.41, 5.74) is 0.452. The van der Waals surface area contributed by atoms with Gasteiger partial charge in [-0.25, -0.2) is 0 Å². The van der Waals surface area contributed by atoms with Crippen LogP contribution in [0.25, 0.3) is 0 Å². The quantitative estimate of drug-likeness (QED) is 0.726. The van der Waals surface area contributed by atoms with E-state index in [0.717, 1.165) is 6.26 Å². The molecule has 0 unspecified atom stereocenters. The highest BCUT2D eigenvalue weighted by atomic mass is 32.2. The molecule has 0 radical (unpaired) electrons. The monoisotopic (exact) mass is 202 g/mol. The Morgan fingerprint density at radius 1 is 1.38 bits per heavy atom. The Morgan fingerprint density at radius 2 is 2.00 bits per heavy atom. The Hall–Kier alpha value is -1.07. The van der Waals surface area contributed by atoms with E-state index >= 15 is 0 Å². The Morgan fingerprint density at radius 3 is 2.54 bits per heavy atom. The van der Waals surface area contributed by atoms with Gasteiger partial charge in [-0.1, -0.05) is 18.2 Å². The molecule has 1 aromatic rings. The van der Waals surface area contributed by atoms with E-state index < -0.39 is 10.1 Å². The Balaban J connectivity index is 3.01. The molecule has 0 fully saturated rings. The molecule has 13 heavy (non-hydrogen) atoms. The molecule has 0 saturated heterocycles. The van der Waals surface area contributed by atoms with E-state index in [1.54, 1.807) is 18.2 Å². The minimum atomic E-state index is -3.52. The normalized spacial score (nSPS) is 11.2.